The van der Waals surface area contributed by atoms with E-state index in [4.69, 9.17) is 0 Å². The molecule has 2 heteroatoms. The molecule has 1 aliphatic carbocycles. The highest BCUT2D eigenvalue weighted by Crippen LogP contribution is 2.55. The van der Waals surface area contributed by atoms with E-state index in [0.717, 1.165) is 12.5 Å². The highest BCUT2D eigenvalue weighted by Gasteiger charge is 2.57. The molecule has 0 N–H and O–H groups in total. The highest BCUT2D eigenvalue weighted by atomic mass is 16.2. The second kappa shape index (κ2) is 2.24. The van der Waals surface area contributed by atoms with E-state index in [2.05, 4.69) is 18.7 Å². The summed E-state index contributed by atoms with van der Waals surface area (Å²) < 4.78 is 0. The van der Waals surface area contributed by atoms with E-state index >= 15 is 0 Å². The SMILES string of the molecule is CC(=O)N1CC2(C(C)C)CC1C2. The Morgan fingerprint density at radius 1 is 1.50 bits per heavy atom. The van der Waals surface area contributed by atoms with Gasteiger partial charge in [0, 0.05) is 19.5 Å². The maximum atomic E-state index is 11.2. The number of rotatable bonds is 1. The third-order valence-electron chi connectivity index (χ3n) is 3.84. The second-order valence-electron chi connectivity index (χ2n) is 4.73. The Hall–Kier alpha value is -0.530. The van der Waals surface area contributed by atoms with Gasteiger partial charge in [-0.1, -0.05) is 13.8 Å². The predicted molar refractivity (Wildman–Crippen MR) is 47.7 cm³/mol. The lowest BCUT2D eigenvalue weighted by Crippen LogP contribution is -2.38. The van der Waals surface area contributed by atoms with Crippen molar-refractivity contribution < 1.29 is 4.79 Å². The second-order valence-corrected chi connectivity index (χ2v) is 4.73. The lowest BCUT2D eigenvalue weighted by molar-refractivity contribution is -0.128. The molecular formula is C10H17NO. The maximum Gasteiger partial charge on any atom is 0.219 e. The predicted octanol–water partition coefficient (Wildman–Crippen LogP) is 1.65. The number of amides is 1. The van der Waals surface area contributed by atoms with Crippen LogP contribution in [0.2, 0.25) is 0 Å². The third-order valence-corrected chi connectivity index (χ3v) is 3.84. The van der Waals surface area contributed by atoms with Crippen LogP contribution < -0.4 is 0 Å². The van der Waals surface area contributed by atoms with Gasteiger partial charge >= 0.3 is 0 Å². The average Bonchev–Trinajstić information content (AvgIpc) is 2.36. The smallest absolute Gasteiger partial charge is 0.219 e. The number of carbonyl (C=O) groups is 1. The van der Waals surface area contributed by atoms with Crippen molar-refractivity contribution in [2.45, 2.75) is 39.7 Å². The van der Waals surface area contributed by atoms with Crippen molar-refractivity contribution in [1.82, 2.24) is 4.90 Å². The number of hydrogen-bond acceptors (Lipinski definition) is 1. The van der Waals surface area contributed by atoms with Crippen molar-refractivity contribution in [3.8, 4) is 0 Å². The van der Waals surface area contributed by atoms with Crippen LogP contribution in [-0.2, 0) is 4.79 Å². The number of fused-ring (bicyclic) bond motifs is 1. The first-order chi connectivity index (χ1) is 5.55. The number of hydrogen-bond donors (Lipinski definition) is 0. The summed E-state index contributed by atoms with van der Waals surface area (Å²) in [5.74, 6) is 0.998. The number of carbonyl (C=O) groups excluding carboxylic acids is 1. The monoisotopic (exact) mass is 167 g/mol. The Kier molecular flexibility index (Phi) is 1.51. The molecule has 2 heterocycles. The molecule has 1 amide bonds. The lowest BCUT2D eigenvalue weighted by Gasteiger charge is -2.40. The maximum absolute atomic E-state index is 11.2. The first kappa shape index (κ1) is 8.09. The van der Waals surface area contributed by atoms with Gasteiger partial charge in [0.1, 0.15) is 0 Å². The quantitative estimate of drug-likeness (QED) is 0.581. The van der Waals surface area contributed by atoms with E-state index in [1.54, 1.807) is 6.92 Å². The minimum Gasteiger partial charge on any atom is -0.339 e. The molecule has 0 aromatic heterocycles. The zero-order valence-electron chi connectivity index (χ0n) is 8.13. The summed E-state index contributed by atoms with van der Waals surface area (Å²) in [5, 5.41) is 0. The molecule has 0 spiro atoms. The van der Waals surface area contributed by atoms with E-state index in [0.29, 0.717) is 11.5 Å². The van der Waals surface area contributed by atoms with E-state index in [1.165, 1.54) is 12.8 Å². The van der Waals surface area contributed by atoms with Crippen molar-refractivity contribution in [3.63, 3.8) is 0 Å². The fourth-order valence-electron chi connectivity index (χ4n) is 2.72. The molecular weight excluding hydrogens is 150 g/mol. The van der Waals surface area contributed by atoms with Gasteiger partial charge in [-0.25, -0.2) is 0 Å². The van der Waals surface area contributed by atoms with Gasteiger partial charge in [0.25, 0.3) is 0 Å². The Labute approximate surface area is 73.9 Å². The van der Waals surface area contributed by atoms with E-state index < -0.39 is 0 Å². The molecule has 3 fully saturated rings. The van der Waals surface area contributed by atoms with Gasteiger partial charge in [-0.2, -0.15) is 0 Å². The molecule has 68 valence electrons. The third kappa shape index (κ3) is 0.838. The first-order valence-electron chi connectivity index (χ1n) is 4.82. The van der Waals surface area contributed by atoms with E-state index in [1.807, 2.05) is 0 Å². The highest BCUT2D eigenvalue weighted by molar-refractivity contribution is 5.74. The van der Waals surface area contributed by atoms with Gasteiger partial charge in [0.05, 0.1) is 0 Å². The molecule has 2 bridgehead atoms. The molecule has 1 saturated carbocycles. The Morgan fingerprint density at radius 2 is 2.08 bits per heavy atom. The van der Waals surface area contributed by atoms with Crippen molar-refractivity contribution >= 4 is 5.91 Å². The Balaban J connectivity index is 2.10. The van der Waals surface area contributed by atoms with Gasteiger partial charge in [-0.3, -0.25) is 4.79 Å². The summed E-state index contributed by atoms with van der Waals surface area (Å²) in [7, 11) is 0. The Morgan fingerprint density at radius 3 is 2.33 bits per heavy atom. The minimum absolute atomic E-state index is 0.264. The van der Waals surface area contributed by atoms with Crippen LogP contribution in [0.3, 0.4) is 0 Å². The van der Waals surface area contributed by atoms with Crippen LogP contribution in [-0.4, -0.2) is 23.4 Å². The van der Waals surface area contributed by atoms with Gasteiger partial charge in [0.15, 0.2) is 0 Å². The van der Waals surface area contributed by atoms with E-state index in [9.17, 15) is 4.79 Å². The van der Waals surface area contributed by atoms with Gasteiger partial charge < -0.3 is 4.90 Å². The fraction of sp³-hybridized carbons (Fsp3) is 0.900. The summed E-state index contributed by atoms with van der Waals surface area (Å²) in [4.78, 5) is 13.2. The normalized spacial score (nSPS) is 38.7. The van der Waals surface area contributed by atoms with Gasteiger partial charge in [0.2, 0.25) is 5.91 Å². The molecule has 3 aliphatic rings. The van der Waals surface area contributed by atoms with Crippen LogP contribution in [0.1, 0.15) is 33.6 Å². The molecule has 2 saturated heterocycles. The zero-order chi connectivity index (χ0) is 8.93. The van der Waals surface area contributed by atoms with Crippen molar-refractivity contribution in [1.29, 1.82) is 0 Å². The molecule has 0 atom stereocenters. The van der Waals surface area contributed by atoms with Crippen molar-refractivity contribution in [2.24, 2.45) is 11.3 Å². The largest absolute Gasteiger partial charge is 0.339 e. The number of nitrogens with zero attached hydrogens (tertiary/aromatic N) is 1. The fourth-order valence-corrected chi connectivity index (χ4v) is 2.72. The topological polar surface area (TPSA) is 20.3 Å². The minimum atomic E-state index is 0.264. The van der Waals surface area contributed by atoms with Crippen LogP contribution in [0.5, 0.6) is 0 Å². The van der Waals surface area contributed by atoms with Gasteiger partial charge in [-0.15, -0.1) is 0 Å². The molecule has 2 nitrogen and oxygen atoms in total. The summed E-state index contributed by atoms with van der Waals surface area (Å²) >= 11 is 0. The molecule has 0 aromatic rings. The van der Waals surface area contributed by atoms with Crippen molar-refractivity contribution in [3.05, 3.63) is 0 Å². The lowest BCUT2D eigenvalue weighted by atomic mass is 9.63. The van der Waals surface area contributed by atoms with Crippen LogP contribution in [0.4, 0.5) is 0 Å². The summed E-state index contributed by atoms with van der Waals surface area (Å²) in [5.41, 5.74) is 0.496. The molecule has 12 heavy (non-hydrogen) atoms. The van der Waals surface area contributed by atoms with Gasteiger partial charge in [-0.05, 0) is 24.2 Å². The van der Waals surface area contributed by atoms with Crippen LogP contribution >= 0.6 is 0 Å². The van der Waals surface area contributed by atoms with Crippen LogP contribution in [0.15, 0.2) is 0 Å². The van der Waals surface area contributed by atoms with E-state index in [-0.39, 0.29) is 5.91 Å². The molecule has 0 unspecified atom stereocenters. The summed E-state index contributed by atoms with van der Waals surface area (Å²) in [6, 6.07) is 0.588. The average molecular weight is 167 g/mol. The summed E-state index contributed by atoms with van der Waals surface area (Å²) in [6.45, 7) is 7.26. The summed E-state index contributed by atoms with van der Waals surface area (Å²) in [6.07, 6.45) is 2.51. The standard InChI is InChI=1S/C10H17NO/c1-7(2)10-4-9(5-10)11(6-10)8(3)12/h7,9H,4-6H2,1-3H3. The molecule has 3 rings (SSSR count). The van der Waals surface area contributed by atoms with Crippen LogP contribution in [0.25, 0.3) is 0 Å². The molecule has 0 aromatic carbocycles. The van der Waals surface area contributed by atoms with Crippen LogP contribution in [0, 0.1) is 11.3 Å². The molecule has 2 aliphatic heterocycles. The van der Waals surface area contributed by atoms with Crippen molar-refractivity contribution in [2.75, 3.05) is 6.54 Å². The Bertz CT molecular complexity index is 216. The zero-order valence-corrected chi connectivity index (χ0v) is 8.13. The molecule has 0 radical (unpaired) electrons. The first-order valence-corrected chi connectivity index (χ1v) is 4.82.